The Bertz CT molecular complexity index is 649. The van der Waals surface area contributed by atoms with Crippen LogP contribution in [0.3, 0.4) is 0 Å². The van der Waals surface area contributed by atoms with Crippen molar-refractivity contribution >= 4 is 11.8 Å². The first kappa shape index (κ1) is 13.8. The number of hydrogen-bond acceptors (Lipinski definition) is 3. The number of fused-ring (bicyclic) bond motifs is 2. The van der Waals surface area contributed by atoms with Gasteiger partial charge in [-0.15, -0.1) is 0 Å². The largest absolute Gasteiger partial charge is 0.436 e. The number of hydrogen-bond donors (Lipinski definition) is 1. The number of quaternary nitrogens is 1. The van der Waals surface area contributed by atoms with Crippen LogP contribution in [-0.4, -0.2) is 23.7 Å². The Morgan fingerprint density at radius 1 is 1.18 bits per heavy atom. The van der Waals surface area contributed by atoms with Gasteiger partial charge in [0.15, 0.2) is 0 Å². The van der Waals surface area contributed by atoms with Crippen molar-refractivity contribution in [3.63, 3.8) is 0 Å². The fourth-order valence-corrected chi connectivity index (χ4v) is 4.27. The summed E-state index contributed by atoms with van der Waals surface area (Å²) in [5.74, 6) is 0.802. The SMILES string of the molecule is O=[N+]([O-])c1ccc2c(c1)C=C1CCCC[C@]1([NH+]1CCCC1)O2. The zero-order chi connectivity index (χ0) is 15.2. The van der Waals surface area contributed by atoms with Crippen LogP contribution in [0.2, 0.25) is 0 Å². The third-order valence-electron chi connectivity index (χ3n) is 5.34. The van der Waals surface area contributed by atoms with Crippen molar-refractivity contribution < 1.29 is 14.6 Å². The van der Waals surface area contributed by atoms with Crippen molar-refractivity contribution in [1.82, 2.24) is 0 Å². The van der Waals surface area contributed by atoms with E-state index in [0.29, 0.717) is 0 Å². The molecule has 1 N–H and O–H groups in total. The molecule has 3 aliphatic rings. The maximum absolute atomic E-state index is 11.0. The zero-order valence-corrected chi connectivity index (χ0v) is 12.6. The second-order valence-electron chi connectivity index (χ2n) is 6.60. The Kier molecular flexibility index (Phi) is 3.18. The van der Waals surface area contributed by atoms with Gasteiger partial charge in [0.25, 0.3) is 11.4 Å². The molecule has 2 fully saturated rings. The summed E-state index contributed by atoms with van der Waals surface area (Å²) in [6.45, 7) is 2.33. The van der Waals surface area contributed by atoms with Gasteiger partial charge >= 0.3 is 0 Å². The maximum Gasteiger partial charge on any atom is 0.270 e. The van der Waals surface area contributed by atoms with Gasteiger partial charge in [-0.1, -0.05) is 0 Å². The molecule has 0 radical (unpaired) electrons. The lowest BCUT2D eigenvalue weighted by atomic mass is 9.82. The molecule has 5 nitrogen and oxygen atoms in total. The number of nitrogens with zero attached hydrogens (tertiary/aromatic N) is 1. The standard InChI is InChI=1S/C17H20N2O3/c20-19(21)15-6-7-16-13(12-15)11-14-5-1-2-8-17(14,22-16)18-9-3-4-10-18/h6-7,11-12H,1-5,8-10H2/p+1/t17-/m0/s1. The Hall–Kier alpha value is -1.88. The summed E-state index contributed by atoms with van der Waals surface area (Å²) in [5.41, 5.74) is 2.12. The van der Waals surface area contributed by atoms with Crippen LogP contribution in [0.15, 0.2) is 23.8 Å². The van der Waals surface area contributed by atoms with Crippen molar-refractivity contribution in [3.05, 3.63) is 39.4 Å². The van der Waals surface area contributed by atoms with Gasteiger partial charge in [0.2, 0.25) is 0 Å². The Balaban J connectivity index is 1.78. The molecular formula is C17H21N2O3+. The van der Waals surface area contributed by atoms with Gasteiger partial charge < -0.3 is 4.74 Å². The molecule has 1 aromatic rings. The quantitative estimate of drug-likeness (QED) is 0.674. The molecule has 22 heavy (non-hydrogen) atoms. The molecule has 116 valence electrons. The summed E-state index contributed by atoms with van der Waals surface area (Å²) in [6, 6.07) is 4.96. The number of nitro benzene ring substituents is 1. The van der Waals surface area contributed by atoms with E-state index >= 15 is 0 Å². The molecule has 0 spiro atoms. The van der Waals surface area contributed by atoms with Crippen LogP contribution in [0.4, 0.5) is 5.69 Å². The Morgan fingerprint density at radius 3 is 2.77 bits per heavy atom. The van der Waals surface area contributed by atoms with Crippen molar-refractivity contribution in [1.29, 1.82) is 0 Å². The molecule has 4 rings (SSSR count). The second kappa shape index (κ2) is 5.09. The normalized spacial score (nSPS) is 27.5. The smallest absolute Gasteiger partial charge is 0.270 e. The number of rotatable bonds is 2. The van der Waals surface area contributed by atoms with Gasteiger partial charge in [-0.05, 0) is 31.4 Å². The topological polar surface area (TPSA) is 56.8 Å². The van der Waals surface area contributed by atoms with E-state index in [1.807, 2.05) is 0 Å². The molecule has 0 aromatic heterocycles. The fourth-order valence-electron chi connectivity index (χ4n) is 4.27. The van der Waals surface area contributed by atoms with E-state index in [-0.39, 0.29) is 16.3 Å². The maximum atomic E-state index is 11.0. The number of likely N-dealkylation sites (tertiary alicyclic amines) is 1. The number of benzene rings is 1. The molecule has 1 saturated carbocycles. The second-order valence-corrected chi connectivity index (χ2v) is 6.60. The van der Waals surface area contributed by atoms with Crippen molar-refractivity contribution in [2.45, 2.75) is 44.2 Å². The molecule has 0 unspecified atom stereocenters. The predicted octanol–water partition coefficient (Wildman–Crippen LogP) is 2.32. The predicted molar refractivity (Wildman–Crippen MR) is 82.8 cm³/mol. The van der Waals surface area contributed by atoms with Gasteiger partial charge in [0.1, 0.15) is 5.75 Å². The Morgan fingerprint density at radius 2 is 2.00 bits per heavy atom. The summed E-state index contributed by atoms with van der Waals surface area (Å²) in [5, 5.41) is 11.0. The summed E-state index contributed by atoms with van der Waals surface area (Å²) in [6.07, 6.45) is 9.19. The fraction of sp³-hybridized carbons (Fsp3) is 0.529. The van der Waals surface area contributed by atoms with Gasteiger partial charge in [0.05, 0.1) is 18.0 Å². The van der Waals surface area contributed by atoms with Crippen LogP contribution in [0, 0.1) is 10.1 Å². The Labute approximate surface area is 129 Å². The lowest BCUT2D eigenvalue weighted by molar-refractivity contribution is -0.958. The first-order valence-electron chi connectivity index (χ1n) is 8.23. The molecule has 1 aromatic carbocycles. The summed E-state index contributed by atoms with van der Waals surface area (Å²) >= 11 is 0. The molecule has 2 aliphatic heterocycles. The van der Waals surface area contributed by atoms with Crippen LogP contribution in [0.1, 0.15) is 44.1 Å². The molecule has 0 amide bonds. The van der Waals surface area contributed by atoms with Crippen molar-refractivity contribution in [3.8, 4) is 5.75 Å². The van der Waals surface area contributed by atoms with E-state index in [9.17, 15) is 10.1 Å². The highest BCUT2D eigenvalue weighted by Gasteiger charge is 2.50. The third kappa shape index (κ3) is 2.03. The lowest BCUT2D eigenvalue weighted by Gasteiger charge is -2.44. The molecular weight excluding hydrogens is 280 g/mol. The number of nitrogens with one attached hydrogen (secondary N) is 1. The molecule has 5 heteroatoms. The first-order chi connectivity index (χ1) is 10.7. The molecule has 1 saturated heterocycles. The van der Waals surface area contributed by atoms with Gasteiger partial charge in [-0.3, -0.25) is 15.0 Å². The van der Waals surface area contributed by atoms with Gasteiger partial charge in [-0.25, -0.2) is 0 Å². The van der Waals surface area contributed by atoms with Crippen LogP contribution < -0.4 is 9.64 Å². The van der Waals surface area contributed by atoms with E-state index in [4.69, 9.17) is 4.74 Å². The number of non-ortho nitro benzene ring substituents is 1. The average Bonchev–Trinajstić information content (AvgIpc) is 3.07. The number of ether oxygens (including phenoxy) is 1. The van der Waals surface area contributed by atoms with Gasteiger partial charge in [0, 0.05) is 42.5 Å². The molecule has 0 bridgehead atoms. The van der Waals surface area contributed by atoms with Crippen LogP contribution >= 0.6 is 0 Å². The average molecular weight is 301 g/mol. The molecule has 1 atom stereocenters. The minimum atomic E-state index is -0.340. The monoisotopic (exact) mass is 301 g/mol. The van der Waals surface area contributed by atoms with Crippen LogP contribution in [0.5, 0.6) is 5.75 Å². The summed E-state index contributed by atoms with van der Waals surface area (Å²) in [7, 11) is 0. The van der Waals surface area contributed by atoms with Crippen molar-refractivity contribution in [2.75, 3.05) is 13.1 Å². The lowest BCUT2D eigenvalue weighted by Crippen LogP contribution is -3.20. The van der Waals surface area contributed by atoms with Crippen molar-refractivity contribution in [2.24, 2.45) is 0 Å². The highest BCUT2D eigenvalue weighted by atomic mass is 16.6. The van der Waals surface area contributed by atoms with Gasteiger partial charge in [-0.2, -0.15) is 0 Å². The number of nitro groups is 1. The van der Waals surface area contributed by atoms with E-state index in [1.165, 1.54) is 44.3 Å². The zero-order valence-electron chi connectivity index (χ0n) is 12.6. The molecule has 2 heterocycles. The highest BCUT2D eigenvalue weighted by Crippen LogP contribution is 2.41. The minimum Gasteiger partial charge on any atom is -0.436 e. The third-order valence-corrected chi connectivity index (χ3v) is 5.34. The van der Waals surface area contributed by atoms with Crippen LogP contribution in [0.25, 0.3) is 6.08 Å². The van der Waals surface area contributed by atoms with E-state index in [2.05, 4.69) is 6.08 Å². The van der Waals surface area contributed by atoms with Crippen LogP contribution in [-0.2, 0) is 0 Å². The van der Waals surface area contributed by atoms with E-state index in [1.54, 1.807) is 23.1 Å². The van der Waals surface area contributed by atoms with E-state index in [0.717, 1.165) is 24.2 Å². The first-order valence-corrected chi connectivity index (χ1v) is 8.23. The summed E-state index contributed by atoms with van der Waals surface area (Å²) in [4.78, 5) is 12.2. The summed E-state index contributed by atoms with van der Waals surface area (Å²) < 4.78 is 6.51. The minimum absolute atomic E-state index is 0.135. The molecule has 1 aliphatic carbocycles. The highest BCUT2D eigenvalue weighted by molar-refractivity contribution is 5.66. The van der Waals surface area contributed by atoms with E-state index < -0.39 is 0 Å².